The lowest BCUT2D eigenvalue weighted by Crippen LogP contribution is -2.17. The molecular formula is C11H12FNO. The van der Waals surface area contributed by atoms with Crippen LogP contribution in [0.15, 0.2) is 18.3 Å². The Balaban J connectivity index is 2.20. The number of carbonyl (C=O) groups excluding carboxylic acids is 1. The lowest BCUT2D eigenvalue weighted by atomic mass is 9.84. The van der Waals surface area contributed by atoms with Crippen LogP contribution in [0.5, 0.6) is 0 Å². The normalized spacial score (nSPS) is 22.4. The summed E-state index contributed by atoms with van der Waals surface area (Å²) >= 11 is 0. The van der Waals surface area contributed by atoms with E-state index < -0.39 is 5.95 Å². The minimum Gasteiger partial charge on any atom is -0.299 e. The van der Waals surface area contributed by atoms with Gasteiger partial charge in [0.15, 0.2) is 0 Å². The van der Waals surface area contributed by atoms with Crippen molar-refractivity contribution in [3.63, 3.8) is 0 Å². The van der Waals surface area contributed by atoms with Crippen molar-refractivity contribution in [3.8, 4) is 0 Å². The van der Waals surface area contributed by atoms with E-state index in [0.717, 1.165) is 24.8 Å². The maximum atomic E-state index is 12.6. The SMILES string of the molecule is O=C1CCCCC1c1ccc(F)nc1. The van der Waals surface area contributed by atoms with Gasteiger partial charge < -0.3 is 0 Å². The summed E-state index contributed by atoms with van der Waals surface area (Å²) < 4.78 is 12.6. The van der Waals surface area contributed by atoms with E-state index in [2.05, 4.69) is 4.98 Å². The summed E-state index contributed by atoms with van der Waals surface area (Å²) in [7, 11) is 0. The van der Waals surface area contributed by atoms with Gasteiger partial charge in [-0.3, -0.25) is 4.79 Å². The fourth-order valence-electron chi connectivity index (χ4n) is 1.93. The van der Waals surface area contributed by atoms with E-state index in [1.54, 1.807) is 6.07 Å². The Morgan fingerprint density at radius 1 is 1.36 bits per heavy atom. The average Bonchev–Trinajstić information content (AvgIpc) is 2.20. The summed E-state index contributed by atoms with van der Waals surface area (Å²) in [5.74, 6) is -0.265. The molecule has 3 heteroatoms. The molecule has 0 radical (unpaired) electrons. The number of pyridine rings is 1. The van der Waals surface area contributed by atoms with Crippen molar-refractivity contribution in [2.45, 2.75) is 31.6 Å². The van der Waals surface area contributed by atoms with E-state index in [-0.39, 0.29) is 11.7 Å². The van der Waals surface area contributed by atoms with Crippen molar-refractivity contribution in [2.75, 3.05) is 0 Å². The lowest BCUT2D eigenvalue weighted by molar-refractivity contribution is -0.121. The molecule has 0 N–H and O–H groups in total. The molecule has 0 aliphatic heterocycles. The van der Waals surface area contributed by atoms with Gasteiger partial charge in [-0.25, -0.2) is 4.98 Å². The molecule has 1 aromatic heterocycles. The van der Waals surface area contributed by atoms with Crippen LogP contribution in [0.4, 0.5) is 4.39 Å². The highest BCUT2D eigenvalue weighted by molar-refractivity contribution is 5.86. The maximum Gasteiger partial charge on any atom is 0.212 e. The minimum absolute atomic E-state index is 0.0446. The Hall–Kier alpha value is -1.25. The van der Waals surface area contributed by atoms with Gasteiger partial charge in [0.2, 0.25) is 5.95 Å². The van der Waals surface area contributed by atoms with Crippen LogP contribution in [0.2, 0.25) is 0 Å². The third kappa shape index (κ3) is 1.81. The monoisotopic (exact) mass is 193 g/mol. The molecule has 1 aliphatic rings. The number of Topliss-reactive ketones (excluding diaryl/α,β-unsaturated/α-hetero) is 1. The van der Waals surface area contributed by atoms with E-state index in [1.165, 1.54) is 12.3 Å². The molecule has 1 fully saturated rings. The molecule has 1 atom stereocenters. The number of hydrogen-bond acceptors (Lipinski definition) is 2. The van der Waals surface area contributed by atoms with E-state index >= 15 is 0 Å². The summed E-state index contributed by atoms with van der Waals surface area (Å²) in [5, 5.41) is 0. The first-order valence-corrected chi connectivity index (χ1v) is 4.91. The number of ketones is 1. The van der Waals surface area contributed by atoms with Crippen LogP contribution >= 0.6 is 0 Å². The van der Waals surface area contributed by atoms with Crippen molar-refractivity contribution in [1.29, 1.82) is 0 Å². The zero-order chi connectivity index (χ0) is 9.97. The van der Waals surface area contributed by atoms with Crippen LogP contribution in [-0.4, -0.2) is 10.8 Å². The van der Waals surface area contributed by atoms with E-state index in [9.17, 15) is 9.18 Å². The minimum atomic E-state index is -0.489. The molecule has 2 nitrogen and oxygen atoms in total. The molecule has 0 spiro atoms. The molecule has 2 rings (SSSR count). The van der Waals surface area contributed by atoms with Gasteiger partial charge in [-0.15, -0.1) is 0 Å². The fraction of sp³-hybridized carbons (Fsp3) is 0.455. The maximum absolute atomic E-state index is 12.6. The van der Waals surface area contributed by atoms with Gasteiger partial charge in [0.1, 0.15) is 5.78 Å². The average molecular weight is 193 g/mol. The lowest BCUT2D eigenvalue weighted by Gasteiger charge is -2.20. The summed E-state index contributed by atoms with van der Waals surface area (Å²) in [5.41, 5.74) is 0.858. The van der Waals surface area contributed by atoms with E-state index in [1.807, 2.05) is 0 Å². The summed E-state index contributed by atoms with van der Waals surface area (Å²) in [6, 6.07) is 2.98. The molecule has 0 bridgehead atoms. The molecule has 0 aromatic carbocycles. The molecule has 1 aromatic rings. The van der Waals surface area contributed by atoms with Crippen LogP contribution in [0.25, 0.3) is 0 Å². The number of hydrogen-bond donors (Lipinski definition) is 0. The van der Waals surface area contributed by atoms with Gasteiger partial charge in [-0.2, -0.15) is 4.39 Å². The van der Waals surface area contributed by atoms with Crippen molar-refractivity contribution in [2.24, 2.45) is 0 Å². The van der Waals surface area contributed by atoms with Gasteiger partial charge in [-0.1, -0.05) is 12.5 Å². The molecule has 74 valence electrons. The van der Waals surface area contributed by atoms with Crippen molar-refractivity contribution < 1.29 is 9.18 Å². The van der Waals surface area contributed by atoms with Crippen LogP contribution in [-0.2, 0) is 4.79 Å². The first-order chi connectivity index (χ1) is 6.77. The van der Waals surface area contributed by atoms with Crippen LogP contribution in [0, 0.1) is 5.95 Å². The van der Waals surface area contributed by atoms with Gasteiger partial charge in [0.05, 0.1) is 0 Å². The first-order valence-electron chi connectivity index (χ1n) is 4.91. The third-order valence-corrected chi connectivity index (χ3v) is 2.71. The molecule has 14 heavy (non-hydrogen) atoms. The van der Waals surface area contributed by atoms with Crippen LogP contribution in [0.1, 0.15) is 37.2 Å². The second-order valence-corrected chi connectivity index (χ2v) is 3.68. The number of nitrogens with zero attached hydrogens (tertiary/aromatic N) is 1. The Bertz CT molecular complexity index is 334. The van der Waals surface area contributed by atoms with Gasteiger partial charge >= 0.3 is 0 Å². The highest BCUT2D eigenvalue weighted by Gasteiger charge is 2.23. The summed E-state index contributed by atoms with van der Waals surface area (Å²) in [6.45, 7) is 0. The molecule has 1 heterocycles. The largest absolute Gasteiger partial charge is 0.299 e. The highest BCUT2D eigenvalue weighted by Crippen LogP contribution is 2.29. The Labute approximate surface area is 82.2 Å². The van der Waals surface area contributed by atoms with Crippen LogP contribution in [0.3, 0.4) is 0 Å². The topological polar surface area (TPSA) is 30.0 Å². The Morgan fingerprint density at radius 2 is 2.21 bits per heavy atom. The predicted octanol–water partition coefficient (Wildman–Crippen LogP) is 2.45. The molecular weight excluding hydrogens is 181 g/mol. The zero-order valence-corrected chi connectivity index (χ0v) is 7.87. The quantitative estimate of drug-likeness (QED) is 0.641. The first kappa shape index (κ1) is 9.31. The van der Waals surface area contributed by atoms with Crippen molar-refractivity contribution in [3.05, 3.63) is 29.8 Å². The number of carbonyl (C=O) groups is 1. The molecule has 1 aliphatic carbocycles. The Morgan fingerprint density at radius 3 is 2.86 bits per heavy atom. The van der Waals surface area contributed by atoms with Crippen molar-refractivity contribution in [1.82, 2.24) is 4.98 Å². The molecule has 0 saturated heterocycles. The van der Waals surface area contributed by atoms with Gasteiger partial charge in [0.25, 0.3) is 0 Å². The molecule has 1 saturated carbocycles. The number of halogens is 1. The van der Waals surface area contributed by atoms with E-state index in [4.69, 9.17) is 0 Å². The number of aromatic nitrogens is 1. The second kappa shape index (κ2) is 3.86. The van der Waals surface area contributed by atoms with Crippen molar-refractivity contribution >= 4 is 5.78 Å². The second-order valence-electron chi connectivity index (χ2n) is 3.68. The Kier molecular flexibility index (Phi) is 2.57. The molecule has 1 unspecified atom stereocenters. The highest BCUT2D eigenvalue weighted by atomic mass is 19.1. The van der Waals surface area contributed by atoms with Gasteiger partial charge in [-0.05, 0) is 24.5 Å². The summed E-state index contributed by atoms with van der Waals surface area (Å²) in [4.78, 5) is 15.1. The summed E-state index contributed by atoms with van der Waals surface area (Å²) in [6.07, 6.45) is 5.08. The smallest absolute Gasteiger partial charge is 0.212 e. The van der Waals surface area contributed by atoms with E-state index in [0.29, 0.717) is 6.42 Å². The van der Waals surface area contributed by atoms with Gasteiger partial charge in [0, 0.05) is 18.5 Å². The standard InChI is InChI=1S/C11H12FNO/c12-11-6-5-8(7-13-11)9-3-1-2-4-10(9)14/h5-7,9H,1-4H2. The third-order valence-electron chi connectivity index (χ3n) is 2.71. The number of rotatable bonds is 1. The zero-order valence-electron chi connectivity index (χ0n) is 7.87. The predicted molar refractivity (Wildman–Crippen MR) is 50.4 cm³/mol. The molecule has 0 amide bonds. The van der Waals surface area contributed by atoms with Crippen LogP contribution < -0.4 is 0 Å². The fourth-order valence-corrected chi connectivity index (χ4v) is 1.93.